The maximum absolute atomic E-state index is 11.3. The molecule has 1 atom stereocenters. The Hall–Kier alpha value is -2.14. The summed E-state index contributed by atoms with van der Waals surface area (Å²) >= 11 is 1.80. The van der Waals surface area contributed by atoms with Gasteiger partial charge in [0.2, 0.25) is 0 Å². The molecule has 0 aliphatic heterocycles. The Morgan fingerprint density at radius 3 is 3.14 bits per heavy atom. The average molecular weight is 298 g/mol. The van der Waals surface area contributed by atoms with E-state index in [0.717, 1.165) is 30.6 Å². The molecule has 21 heavy (non-hydrogen) atoms. The number of para-hydroxylation sites is 1. The van der Waals surface area contributed by atoms with Crippen LogP contribution < -0.4 is 0 Å². The minimum absolute atomic E-state index is 0.258. The summed E-state index contributed by atoms with van der Waals surface area (Å²) in [6.45, 7) is 0. The van der Waals surface area contributed by atoms with Crippen LogP contribution in [0.1, 0.15) is 45.4 Å². The molecule has 0 spiro atoms. The van der Waals surface area contributed by atoms with Crippen molar-refractivity contribution in [3.05, 3.63) is 51.5 Å². The third kappa shape index (κ3) is 1.96. The van der Waals surface area contributed by atoms with Gasteiger partial charge in [-0.3, -0.25) is 0 Å². The first-order valence-corrected chi connectivity index (χ1v) is 7.90. The van der Waals surface area contributed by atoms with Crippen LogP contribution >= 0.6 is 11.3 Å². The van der Waals surface area contributed by atoms with Crippen LogP contribution in [0.15, 0.2) is 29.6 Å². The number of aromatic nitrogens is 2. The standard InChI is InChI=1S/C16H14N2O2S/c19-16(20)11-4-1-5-12-14(11)18-15(17-12)10-3-2-6-13-9(10)7-8-21-13/h1,4-5,7-8,10H,2-3,6H2,(H,17,18)(H,19,20). The van der Waals surface area contributed by atoms with Crippen molar-refractivity contribution >= 4 is 28.3 Å². The van der Waals surface area contributed by atoms with Crippen LogP contribution in [0.25, 0.3) is 11.0 Å². The molecule has 0 saturated heterocycles. The van der Waals surface area contributed by atoms with Crippen LogP contribution in [0.2, 0.25) is 0 Å². The Bertz CT molecular complexity index is 834. The molecule has 5 heteroatoms. The second kappa shape index (κ2) is 4.70. The lowest BCUT2D eigenvalue weighted by molar-refractivity contribution is 0.0699. The van der Waals surface area contributed by atoms with E-state index in [4.69, 9.17) is 0 Å². The van der Waals surface area contributed by atoms with E-state index in [1.54, 1.807) is 23.5 Å². The summed E-state index contributed by atoms with van der Waals surface area (Å²) < 4.78 is 0. The van der Waals surface area contributed by atoms with Gasteiger partial charge in [-0.1, -0.05) is 6.07 Å². The number of fused-ring (bicyclic) bond motifs is 2. The van der Waals surface area contributed by atoms with E-state index in [0.29, 0.717) is 5.52 Å². The summed E-state index contributed by atoms with van der Waals surface area (Å²) in [5.41, 5.74) is 2.97. The fourth-order valence-corrected chi connectivity index (χ4v) is 4.15. The van der Waals surface area contributed by atoms with Gasteiger partial charge < -0.3 is 10.1 Å². The van der Waals surface area contributed by atoms with Gasteiger partial charge in [-0.15, -0.1) is 11.3 Å². The quantitative estimate of drug-likeness (QED) is 0.756. The predicted octanol–water partition coefficient (Wildman–Crippen LogP) is 3.79. The van der Waals surface area contributed by atoms with Crippen molar-refractivity contribution in [1.29, 1.82) is 0 Å². The molecule has 4 rings (SSSR count). The van der Waals surface area contributed by atoms with Gasteiger partial charge in [0.25, 0.3) is 0 Å². The second-order valence-corrected chi connectivity index (χ2v) is 6.37. The van der Waals surface area contributed by atoms with Crippen molar-refractivity contribution in [1.82, 2.24) is 9.97 Å². The summed E-state index contributed by atoms with van der Waals surface area (Å²) in [5.74, 6) is 0.214. The monoisotopic (exact) mass is 298 g/mol. The lowest BCUT2D eigenvalue weighted by Crippen LogP contribution is -2.09. The highest BCUT2D eigenvalue weighted by molar-refractivity contribution is 7.10. The second-order valence-electron chi connectivity index (χ2n) is 5.37. The Morgan fingerprint density at radius 2 is 2.29 bits per heavy atom. The van der Waals surface area contributed by atoms with Gasteiger partial charge in [-0.05, 0) is 48.4 Å². The largest absolute Gasteiger partial charge is 0.478 e. The van der Waals surface area contributed by atoms with E-state index < -0.39 is 5.97 Å². The van der Waals surface area contributed by atoms with Gasteiger partial charge >= 0.3 is 5.97 Å². The minimum Gasteiger partial charge on any atom is -0.478 e. The van der Waals surface area contributed by atoms with Crippen molar-refractivity contribution in [2.75, 3.05) is 0 Å². The lowest BCUT2D eigenvalue weighted by Gasteiger charge is -2.20. The van der Waals surface area contributed by atoms with Gasteiger partial charge in [0.05, 0.1) is 11.1 Å². The minimum atomic E-state index is -0.932. The van der Waals surface area contributed by atoms with Crippen molar-refractivity contribution in [2.24, 2.45) is 0 Å². The van der Waals surface area contributed by atoms with Crippen LogP contribution in [-0.4, -0.2) is 21.0 Å². The van der Waals surface area contributed by atoms with Gasteiger partial charge in [0, 0.05) is 10.8 Å². The van der Waals surface area contributed by atoms with Gasteiger partial charge in [0.1, 0.15) is 11.3 Å². The summed E-state index contributed by atoms with van der Waals surface area (Å²) in [4.78, 5) is 20.7. The molecule has 1 aliphatic rings. The number of aromatic amines is 1. The Balaban J connectivity index is 1.86. The fraction of sp³-hybridized carbons (Fsp3) is 0.250. The van der Waals surface area contributed by atoms with Crippen LogP contribution in [0, 0.1) is 0 Å². The zero-order chi connectivity index (χ0) is 14.4. The third-order valence-electron chi connectivity index (χ3n) is 4.14. The predicted molar refractivity (Wildman–Crippen MR) is 82.2 cm³/mol. The number of carboxylic acid groups (broad SMARTS) is 1. The van der Waals surface area contributed by atoms with E-state index >= 15 is 0 Å². The molecule has 2 aromatic heterocycles. The Kier molecular flexibility index (Phi) is 2.82. The fourth-order valence-electron chi connectivity index (χ4n) is 3.16. The third-order valence-corrected chi connectivity index (χ3v) is 5.14. The molecule has 0 fully saturated rings. The molecule has 2 N–H and O–H groups in total. The number of nitrogens with one attached hydrogen (secondary N) is 1. The van der Waals surface area contributed by atoms with Gasteiger partial charge in [-0.25, -0.2) is 9.78 Å². The van der Waals surface area contributed by atoms with E-state index in [1.807, 2.05) is 6.07 Å². The molecule has 0 radical (unpaired) electrons. The van der Waals surface area contributed by atoms with Crippen LogP contribution in [0.5, 0.6) is 0 Å². The molecule has 1 aromatic carbocycles. The lowest BCUT2D eigenvalue weighted by atomic mass is 9.87. The molecule has 0 saturated carbocycles. The first kappa shape index (κ1) is 12.6. The first-order valence-electron chi connectivity index (χ1n) is 7.02. The van der Waals surface area contributed by atoms with E-state index in [9.17, 15) is 9.90 Å². The molecule has 4 nitrogen and oxygen atoms in total. The number of carboxylic acids is 1. The number of thiophene rings is 1. The number of hydrogen-bond donors (Lipinski definition) is 2. The van der Waals surface area contributed by atoms with Crippen molar-refractivity contribution < 1.29 is 9.90 Å². The molecule has 0 bridgehead atoms. The van der Waals surface area contributed by atoms with Crippen LogP contribution in [0.3, 0.4) is 0 Å². The highest BCUT2D eigenvalue weighted by Gasteiger charge is 2.26. The zero-order valence-corrected chi connectivity index (χ0v) is 12.1. The van der Waals surface area contributed by atoms with E-state index in [2.05, 4.69) is 21.4 Å². The molecule has 1 aliphatic carbocycles. The van der Waals surface area contributed by atoms with Gasteiger partial charge in [0.15, 0.2) is 0 Å². The SMILES string of the molecule is O=C(O)c1cccc2[nH]c(C3CCCc4sccc43)nc12. The van der Waals surface area contributed by atoms with Crippen LogP contribution in [-0.2, 0) is 6.42 Å². The smallest absolute Gasteiger partial charge is 0.337 e. The number of aromatic carboxylic acids is 1. The molecule has 1 unspecified atom stereocenters. The number of benzene rings is 1. The average Bonchev–Trinajstić information content (AvgIpc) is 3.12. The number of carbonyl (C=O) groups is 1. The maximum atomic E-state index is 11.3. The highest BCUT2D eigenvalue weighted by Crippen LogP contribution is 2.38. The molecule has 3 aromatic rings. The summed E-state index contributed by atoms with van der Waals surface area (Å²) in [6, 6.07) is 7.42. The normalized spacial score (nSPS) is 17.8. The van der Waals surface area contributed by atoms with E-state index in [-0.39, 0.29) is 11.5 Å². The number of hydrogen-bond acceptors (Lipinski definition) is 3. The Labute approximate surface area is 125 Å². The molecule has 2 heterocycles. The number of aryl methyl sites for hydroxylation is 1. The van der Waals surface area contributed by atoms with Crippen molar-refractivity contribution in [3.63, 3.8) is 0 Å². The van der Waals surface area contributed by atoms with Crippen molar-refractivity contribution in [2.45, 2.75) is 25.2 Å². The number of H-pyrrole nitrogens is 1. The zero-order valence-electron chi connectivity index (χ0n) is 11.3. The maximum Gasteiger partial charge on any atom is 0.337 e. The highest BCUT2D eigenvalue weighted by atomic mass is 32.1. The molecular formula is C16H14N2O2S. The molecule has 106 valence electrons. The van der Waals surface area contributed by atoms with Crippen LogP contribution in [0.4, 0.5) is 0 Å². The van der Waals surface area contributed by atoms with Crippen molar-refractivity contribution in [3.8, 4) is 0 Å². The Morgan fingerprint density at radius 1 is 1.38 bits per heavy atom. The first-order chi connectivity index (χ1) is 10.2. The summed E-state index contributed by atoms with van der Waals surface area (Å²) in [7, 11) is 0. The number of nitrogens with zero attached hydrogens (tertiary/aromatic N) is 1. The summed E-state index contributed by atoms with van der Waals surface area (Å²) in [6.07, 6.45) is 3.36. The van der Waals surface area contributed by atoms with Gasteiger partial charge in [-0.2, -0.15) is 0 Å². The summed E-state index contributed by atoms with van der Waals surface area (Å²) in [5, 5.41) is 11.4. The molecule has 0 amide bonds. The van der Waals surface area contributed by atoms with E-state index in [1.165, 1.54) is 10.4 Å². The number of imidazole rings is 1. The topological polar surface area (TPSA) is 66.0 Å². The molecular weight excluding hydrogens is 284 g/mol. The number of rotatable bonds is 2.